The van der Waals surface area contributed by atoms with E-state index in [1.807, 2.05) is 0 Å². The summed E-state index contributed by atoms with van der Waals surface area (Å²) >= 11 is 0. The van der Waals surface area contributed by atoms with Gasteiger partial charge in [-0.25, -0.2) is 0 Å². The summed E-state index contributed by atoms with van der Waals surface area (Å²) in [5, 5.41) is 7.60. The van der Waals surface area contributed by atoms with Gasteiger partial charge in [-0.1, -0.05) is 152 Å². The Morgan fingerprint density at radius 1 is 0.244 bits per heavy atom. The minimum Gasteiger partial charge on any atom is -0.355 e. The van der Waals surface area contributed by atoms with Crippen LogP contribution in [0, 0.1) is 0 Å². The number of aromatic nitrogens is 1. The number of nitrogens with one attached hydrogen (secondary N) is 1. The number of hydrogen-bond acceptors (Lipinski definition) is 0. The largest absolute Gasteiger partial charge is 0.355 e. The number of fused-ring (bicyclic) bond motifs is 5. The van der Waals surface area contributed by atoms with Crippen LogP contribution in [0.5, 0.6) is 0 Å². The Kier molecular flexibility index (Phi) is 5.89. The van der Waals surface area contributed by atoms with E-state index in [9.17, 15) is 0 Å². The summed E-state index contributed by atoms with van der Waals surface area (Å²) in [5.74, 6) is 0. The van der Waals surface area contributed by atoms with Crippen LogP contribution in [0.4, 0.5) is 0 Å². The van der Waals surface area contributed by atoms with E-state index in [0.29, 0.717) is 0 Å². The molecule has 1 nitrogen and oxygen atoms in total. The van der Waals surface area contributed by atoms with Crippen LogP contribution in [0.1, 0.15) is 0 Å². The van der Waals surface area contributed by atoms with Gasteiger partial charge in [-0.05, 0) is 84.3 Å². The zero-order chi connectivity index (χ0) is 29.7. The first-order valence-electron chi connectivity index (χ1n) is 15.5. The van der Waals surface area contributed by atoms with Crippen LogP contribution >= 0.6 is 0 Å². The molecule has 0 amide bonds. The predicted molar refractivity (Wildman–Crippen MR) is 193 cm³/mol. The van der Waals surface area contributed by atoms with E-state index in [1.165, 1.54) is 87.9 Å². The fourth-order valence-electron chi connectivity index (χ4n) is 7.07. The van der Waals surface area contributed by atoms with Gasteiger partial charge in [0.1, 0.15) is 0 Å². The van der Waals surface area contributed by atoms with Gasteiger partial charge in [0.2, 0.25) is 0 Å². The molecule has 45 heavy (non-hydrogen) atoms. The van der Waals surface area contributed by atoms with Gasteiger partial charge >= 0.3 is 0 Å². The Bertz CT molecular complexity index is 2440. The van der Waals surface area contributed by atoms with Gasteiger partial charge in [0.25, 0.3) is 0 Å². The van der Waals surface area contributed by atoms with Crippen molar-refractivity contribution in [1.29, 1.82) is 0 Å². The second kappa shape index (κ2) is 10.4. The first-order valence-corrected chi connectivity index (χ1v) is 15.5. The molecule has 1 N–H and O–H groups in total. The number of rotatable bonds is 4. The van der Waals surface area contributed by atoms with Gasteiger partial charge in [-0.2, -0.15) is 0 Å². The van der Waals surface area contributed by atoms with Crippen LogP contribution in [-0.2, 0) is 0 Å². The smallest absolute Gasteiger partial charge is 0.0465 e. The van der Waals surface area contributed by atoms with Crippen LogP contribution in [0.25, 0.3) is 87.9 Å². The Hall–Kier alpha value is -5.92. The van der Waals surface area contributed by atoms with Crippen molar-refractivity contribution in [2.45, 2.75) is 0 Å². The van der Waals surface area contributed by atoms with Crippen molar-refractivity contribution in [2.75, 3.05) is 0 Å². The third-order valence-corrected chi connectivity index (χ3v) is 9.23. The van der Waals surface area contributed by atoms with Crippen molar-refractivity contribution in [3.8, 4) is 44.5 Å². The standard InChI is InChI=1S/C44H29N/c1-2-10-29(11-3-1)30-18-22-32(23-19-30)43-36-13-4-6-15-38(36)44(39-16-7-5-14-37(39)43)33-24-20-31(21-25-33)34-26-27-42-40(28-34)35-12-8-9-17-41(35)45-42/h1-28,45H. The van der Waals surface area contributed by atoms with Crippen molar-refractivity contribution in [3.63, 3.8) is 0 Å². The van der Waals surface area contributed by atoms with Gasteiger partial charge in [-0.3, -0.25) is 0 Å². The molecule has 0 bridgehead atoms. The average molecular weight is 572 g/mol. The molecule has 9 rings (SSSR count). The summed E-state index contributed by atoms with van der Waals surface area (Å²) in [6, 6.07) is 61.7. The maximum absolute atomic E-state index is 3.55. The first-order chi connectivity index (χ1) is 22.3. The second-order valence-electron chi connectivity index (χ2n) is 11.8. The molecular weight excluding hydrogens is 542 g/mol. The molecule has 1 heterocycles. The molecule has 0 atom stereocenters. The summed E-state index contributed by atoms with van der Waals surface area (Å²) in [5.41, 5.74) is 12.3. The predicted octanol–water partition coefficient (Wildman–Crippen LogP) is 12.3. The molecule has 9 aromatic rings. The maximum Gasteiger partial charge on any atom is 0.0465 e. The maximum atomic E-state index is 3.55. The van der Waals surface area contributed by atoms with E-state index >= 15 is 0 Å². The highest BCUT2D eigenvalue weighted by Crippen LogP contribution is 2.44. The average Bonchev–Trinajstić information content (AvgIpc) is 3.49. The molecular formula is C44H29N. The molecule has 0 aliphatic heterocycles. The molecule has 0 radical (unpaired) electrons. The zero-order valence-electron chi connectivity index (χ0n) is 24.7. The molecule has 1 heteroatoms. The molecule has 0 fully saturated rings. The monoisotopic (exact) mass is 571 g/mol. The van der Waals surface area contributed by atoms with Gasteiger partial charge < -0.3 is 4.98 Å². The van der Waals surface area contributed by atoms with E-state index in [4.69, 9.17) is 0 Å². The molecule has 0 aliphatic rings. The highest BCUT2D eigenvalue weighted by atomic mass is 14.7. The lowest BCUT2D eigenvalue weighted by Gasteiger charge is -2.18. The lowest BCUT2D eigenvalue weighted by atomic mass is 9.85. The van der Waals surface area contributed by atoms with Crippen LogP contribution in [0.2, 0.25) is 0 Å². The summed E-state index contributed by atoms with van der Waals surface area (Å²) in [7, 11) is 0. The topological polar surface area (TPSA) is 15.8 Å². The van der Waals surface area contributed by atoms with Gasteiger partial charge in [0.05, 0.1) is 0 Å². The third-order valence-electron chi connectivity index (χ3n) is 9.23. The van der Waals surface area contributed by atoms with Crippen LogP contribution in [0.3, 0.4) is 0 Å². The Morgan fingerprint density at radius 2 is 0.622 bits per heavy atom. The van der Waals surface area contributed by atoms with Gasteiger partial charge in [-0.15, -0.1) is 0 Å². The molecule has 0 aliphatic carbocycles. The minimum atomic E-state index is 1.17. The van der Waals surface area contributed by atoms with Gasteiger partial charge in [0, 0.05) is 21.8 Å². The van der Waals surface area contributed by atoms with Crippen molar-refractivity contribution in [1.82, 2.24) is 4.98 Å². The highest BCUT2D eigenvalue weighted by Gasteiger charge is 2.17. The summed E-state index contributed by atoms with van der Waals surface area (Å²) < 4.78 is 0. The van der Waals surface area contributed by atoms with E-state index in [-0.39, 0.29) is 0 Å². The van der Waals surface area contributed by atoms with E-state index in [0.717, 1.165) is 0 Å². The number of benzene rings is 8. The number of aromatic amines is 1. The lowest BCUT2D eigenvalue weighted by molar-refractivity contribution is 1.54. The number of para-hydroxylation sites is 1. The molecule has 0 unspecified atom stereocenters. The van der Waals surface area contributed by atoms with Gasteiger partial charge in [0.15, 0.2) is 0 Å². The van der Waals surface area contributed by atoms with Crippen LogP contribution < -0.4 is 0 Å². The SMILES string of the molecule is c1ccc(-c2ccc(-c3c4ccccc4c(-c4ccc(-c5ccc6[nH]c7ccccc7c6c5)cc4)c4ccccc34)cc2)cc1. The first kappa shape index (κ1) is 25.6. The molecule has 210 valence electrons. The Morgan fingerprint density at radius 3 is 1.18 bits per heavy atom. The summed E-state index contributed by atoms with van der Waals surface area (Å²) in [6.45, 7) is 0. The minimum absolute atomic E-state index is 1.17. The third kappa shape index (κ3) is 4.24. The summed E-state index contributed by atoms with van der Waals surface area (Å²) in [6.07, 6.45) is 0. The molecule has 0 saturated carbocycles. The molecule has 8 aromatic carbocycles. The molecule has 0 saturated heterocycles. The van der Waals surface area contributed by atoms with E-state index in [2.05, 4.69) is 175 Å². The molecule has 0 spiro atoms. The van der Waals surface area contributed by atoms with E-state index in [1.54, 1.807) is 0 Å². The molecule has 1 aromatic heterocycles. The normalized spacial score (nSPS) is 11.6. The number of H-pyrrole nitrogens is 1. The second-order valence-corrected chi connectivity index (χ2v) is 11.8. The fraction of sp³-hybridized carbons (Fsp3) is 0. The van der Waals surface area contributed by atoms with E-state index < -0.39 is 0 Å². The Labute approximate surface area is 262 Å². The fourth-order valence-corrected chi connectivity index (χ4v) is 7.07. The lowest BCUT2D eigenvalue weighted by Crippen LogP contribution is -1.91. The Balaban J connectivity index is 1.18. The van der Waals surface area contributed by atoms with Crippen LogP contribution in [-0.4, -0.2) is 4.98 Å². The number of hydrogen-bond donors (Lipinski definition) is 1. The van der Waals surface area contributed by atoms with Crippen molar-refractivity contribution in [3.05, 3.63) is 170 Å². The quantitative estimate of drug-likeness (QED) is 0.202. The summed E-state index contributed by atoms with van der Waals surface area (Å²) in [4.78, 5) is 3.55. The zero-order valence-corrected chi connectivity index (χ0v) is 24.7. The van der Waals surface area contributed by atoms with Crippen molar-refractivity contribution < 1.29 is 0 Å². The van der Waals surface area contributed by atoms with Crippen molar-refractivity contribution in [2.24, 2.45) is 0 Å². The highest BCUT2D eigenvalue weighted by molar-refractivity contribution is 6.21. The van der Waals surface area contributed by atoms with Crippen LogP contribution in [0.15, 0.2) is 170 Å². The van der Waals surface area contributed by atoms with Crippen molar-refractivity contribution >= 4 is 43.4 Å².